The van der Waals surface area contributed by atoms with Gasteiger partial charge >= 0.3 is 0 Å². The number of nitrogens with one attached hydrogen (secondary N) is 1. The summed E-state index contributed by atoms with van der Waals surface area (Å²) in [5.41, 5.74) is 0. The predicted octanol–water partition coefficient (Wildman–Crippen LogP) is 0.832. The maximum Gasteiger partial charge on any atom is 0.0700 e. The fourth-order valence-corrected chi connectivity index (χ4v) is 0.958. The van der Waals surface area contributed by atoms with E-state index in [-0.39, 0.29) is 0 Å². The van der Waals surface area contributed by atoms with E-state index in [0.717, 1.165) is 39.3 Å². The minimum atomic E-state index is 0.659. The van der Waals surface area contributed by atoms with E-state index in [1.807, 2.05) is 6.08 Å². The van der Waals surface area contributed by atoms with E-state index in [9.17, 15) is 0 Å². The van der Waals surface area contributed by atoms with Crippen molar-refractivity contribution in [1.82, 2.24) is 5.32 Å². The molecule has 0 heterocycles. The molecule has 0 aromatic heterocycles. The molecule has 15 heavy (non-hydrogen) atoms. The molecule has 0 fully saturated rings. The smallest absolute Gasteiger partial charge is 0.0700 e. The Hall–Kier alpha value is -0.420. The van der Waals surface area contributed by atoms with Gasteiger partial charge in [-0.2, -0.15) is 0 Å². The standard InChI is InChI=1S/C11H23NO3/c1-3-5-12-6-9-14-7-4-8-15-11-10-13-2/h3,12H,1,4-11H2,2H3. The van der Waals surface area contributed by atoms with Crippen LogP contribution in [0, 0.1) is 0 Å². The van der Waals surface area contributed by atoms with E-state index < -0.39 is 0 Å². The maximum atomic E-state index is 5.38. The fourth-order valence-electron chi connectivity index (χ4n) is 0.958. The molecular weight excluding hydrogens is 194 g/mol. The molecule has 0 aliphatic rings. The monoisotopic (exact) mass is 217 g/mol. The van der Waals surface area contributed by atoms with Crippen molar-refractivity contribution in [2.45, 2.75) is 6.42 Å². The van der Waals surface area contributed by atoms with Crippen molar-refractivity contribution in [3.05, 3.63) is 12.7 Å². The zero-order valence-corrected chi connectivity index (χ0v) is 9.67. The molecular formula is C11H23NO3. The van der Waals surface area contributed by atoms with E-state index in [1.54, 1.807) is 7.11 Å². The normalized spacial score (nSPS) is 10.5. The maximum absolute atomic E-state index is 5.38. The molecule has 0 saturated carbocycles. The third-order valence-corrected chi connectivity index (χ3v) is 1.72. The van der Waals surface area contributed by atoms with Crippen LogP contribution in [0.3, 0.4) is 0 Å². The second-order valence-electron chi connectivity index (χ2n) is 3.06. The van der Waals surface area contributed by atoms with Gasteiger partial charge in [0.1, 0.15) is 0 Å². The van der Waals surface area contributed by atoms with Crippen molar-refractivity contribution >= 4 is 0 Å². The van der Waals surface area contributed by atoms with Crippen LogP contribution in [0.2, 0.25) is 0 Å². The highest BCUT2D eigenvalue weighted by Gasteiger charge is 1.90. The molecule has 0 aliphatic carbocycles. The van der Waals surface area contributed by atoms with Crippen LogP contribution in [0.1, 0.15) is 6.42 Å². The molecule has 0 aromatic rings. The van der Waals surface area contributed by atoms with Crippen LogP contribution >= 0.6 is 0 Å². The van der Waals surface area contributed by atoms with E-state index in [2.05, 4.69) is 11.9 Å². The van der Waals surface area contributed by atoms with E-state index in [1.165, 1.54) is 0 Å². The van der Waals surface area contributed by atoms with Crippen molar-refractivity contribution in [3.8, 4) is 0 Å². The van der Waals surface area contributed by atoms with Crippen LogP contribution < -0.4 is 5.32 Å². The van der Waals surface area contributed by atoms with Gasteiger partial charge in [-0.05, 0) is 6.42 Å². The molecule has 4 heteroatoms. The summed E-state index contributed by atoms with van der Waals surface area (Å²) in [6.45, 7) is 8.88. The lowest BCUT2D eigenvalue weighted by Gasteiger charge is -2.05. The Kier molecular flexibility index (Phi) is 13.2. The lowest BCUT2D eigenvalue weighted by Crippen LogP contribution is -2.19. The van der Waals surface area contributed by atoms with Crippen molar-refractivity contribution in [1.29, 1.82) is 0 Å². The summed E-state index contributed by atoms with van der Waals surface area (Å²) in [5, 5.41) is 3.16. The van der Waals surface area contributed by atoms with Crippen LogP contribution in [-0.4, -0.2) is 53.2 Å². The molecule has 0 aromatic carbocycles. The Bertz CT molecular complexity index is 131. The van der Waals surface area contributed by atoms with Crippen LogP contribution in [0.25, 0.3) is 0 Å². The van der Waals surface area contributed by atoms with Crippen LogP contribution in [0.4, 0.5) is 0 Å². The summed E-state index contributed by atoms with van der Waals surface area (Å²) in [6.07, 6.45) is 2.77. The van der Waals surface area contributed by atoms with Crippen molar-refractivity contribution in [3.63, 3.8) is 0 Å². The SMILES string of the molecule is C=CCNCCOCCCOCCOC. The Morgan fingerprint density at radius 1 is 1.07 bits per heavy atom. The third-order valence-electron chi connectivity index (χ3n) is 1.72. The third kappa shape index (κ3) is 13.6. The van der Waals surface area contributed by atoms with Gasteiger partial charge in [0, 0.05) is 33.4 Å². The second-order valence-corrected chi connectivity index (χ2v) is 3.06. The highest BCUT2D eigenvalue weighted by atomic mass is 16.5. The van der Waals surface area contributed by atoms with Crippen molar-refractivity contribution < 1.29 is 14.2 Å². The average molecular weight is 217 g/mol. The molecule has 0 atom stereocenters. The van der Waals surface area contributed by atoms with Crippen molar-refractivity contribution in [2.24, 2.45) is 0 Å². The van der Waals surface area contributed by atoms with Crippen LogP contribution in [0.15, 0.2) is 12.7 Å². The molecule has 1 N–H and O–H groups in total. The molecule has 0 rings (SSSR count). The van der Waals surface area contributed by atoms with Crippen LogP contribution in [0.5, 0.6) is 0 Å². The summed E-state index contributed by atoms with van der Waals surface area (Å²) in [7, 11) is 1.67. The molecule has 90 valence electrons. The Balaban J connectivity index is 2.83. The van der Waals surface area contributed by atoms with Gasteiger partial charge in [-0.25, -0.2) is 0 Å². The molecule has 0 spiro atoms. The summed E-state index contributed by atoms with van der Waals surface area (Å²) in [6, 6.07) is 0. The number of ether oxygens (including phenoxy) is 3. The van der Waals surface area contributed by atoms with Gasteiger partial charge in [-0.15, -0.1) is 6.58 Å². The summed E-state index contributed by atoms with van der Waals surface area (Å²) < 4.78 is 15.5. The Labute approximate surface area is 92.6 Å². The highest BCUT2D eigenvalue weighted by molar-refractivity contribution is 4.68. The van der Waals surface area contributed by atoms with E-state index in [4.69, 9.17) is 14.2 Å². The Morgan fingerprint density at radius 3 is 2.47 bits per heavy atom. The highest BCUT2D eigenvalue weighted by Crippen LogP contribution is 1.85. The van der Waals surface area contributed by atoms with Gasteiger partial charge in [0.25, 0.3) is 0 Å². The summed E-state index contributed by atoms with van der Waals surface area (Å²) in [5.74, 6) is 0. The van der Waals surface area contributed by atoms with E-state index >= 15 is 0 Å². The predicted molar refractivity (Wildman–Crippen MR) is 61.2 cm³/mol. The van der Waals surface area contributed by atoms with Crippen LogP contribution in [-0.2, 0) is 14.2 Å². The quantitative estimate of drug-likeness (QED) is 0.388. The number of hydrogen-bond acceptors (Lipinski definition) is 4. The molecule has 0 saturated heterocycles. The van der Waals surface area contributed by atoms with Gasteiger partial charge in [0.15, 0.2) is 0 Å². The summed E-state index contributed by atoms with van der Waals surface area (Å²) in [4.78, 5) is 0. The number of hydrogen-bond donors (Lipinski definition) is 1. The second kappa shape index (κ2) is 13.6. The first-order valence-electron chi connectivity index (χ1n) is 5.38. The zero-order chi connectivity index (χ0) is 11.2. The molecule has 0 radical (unpaired) electrons. The van der Waals surface area contributed by atoms with Crippen molar-refractivity contribution in [2.75, 3.05) is 53.2 Å². The first-order valence-corrected chi connectivity index (χ1v) is 5.38. The lowest BCUT2D eigenvalue weighted by atomic mass is 10.5. The van der Waals surface area contributed by atoms with E-state index in [0.29, 0.717) is 13.2 Å². The number of rotatable bonds is 12. The van der Waals surface area contributed by atoms with Gasteiger partial charge in [-0.3, -0.25) is 0 Å². The first-order chi connectivity index (χ1) is 7.41. The summed E-state index contributed by atoms with van der Waals surface area (Å²) >= 11 is 0. The minimum Gasteiger partial charge on any atom is -0.382 e. The lowest BCUT2D eigenvalue weighted by molar-refractivity contribution is 0.0519. The molecule has 0 bridgehead atoms. The average Bonchev–Trinajstić information content (AvgIpc) is 2.26. The first kappa shape index (κ1) is 14.6. The Morgan fingerprint density at radius 2 is 1.80 bits per heavy atom. The van der Waals surface area contributed by atoms with Gasteiger partial charge in [-0.1, -0.05) is 6.08 Å². The minimum absolute atomic E-state index is 0.659. The number of methoxy groups -OCH3 is 1. The van der Waals surface area contributed by atoms with Gasteiger partial charge < -0.3 is 19.5 Å². The zero-order valence-electron chi connectivity index (χ0n) is 9.67. The molecule has 0 aliphatic heterocycles. The van der Waals surface area contributed by atoms with Gasteiger partial charge in [0.2, 0.25) is 0 Å². The molecule has 4 nitrogen and oxygen atoms in total. The largest absolute Gasteiger partial charge is 0.382 e. The topological polar surface area (TPSA) is 39.7 Å². The fraction of sp³-hybridized carbons (Fsp3) is 0.818. The van der Waals surface area contributed by atoms with Gasteiger partial charge in [0.05, 0.1) is 19.8 Å². The molecule has 0 unspecified atom stereocenters. The molecule has 0 amide bonds.